The van der Waals surface area contributed by atoms with Crippen LogP contribution in [0.4, 0.5) is 4.79 Å². The van der Waals surface area contributed by atoms with Crippen LogP contribution in [0.5, 0.6) is 5.75 Å². The number of benzene rings is 1. The Balaban J connectivity index is 2.03. The van der Waals surface area contributed by atoms with Crippen molar-refractivity contribution in [2.45, 2.75) is 26.3 Å². The average molecular weight is 289 g/mol. The first-order valence-corrected chi connectivity index (χ1v) is 7.18. The van der Waals surface area contributed by atoms with Crippen molar-refractivity contribution >= 4 is 16.9 Å². The van der Waals surface area contributed by atoms with Crippen LogP contribution in [0.15, 0.2) is 24.4 Å². The van der Waals surface area contributed by atoms with E-state index in [2.05, 4.69) is 10.3 Å². The fourth-order valence-corrected chi connectivity index (χ4v) is 2.25. The molecular weight excluding hydrogens is 266 g/mol. The third-order valence-electron chi connectivity index (χ3n) is 3.73. The highest BCUT2D eigenvalue weighted by Gasteiger charge is 2.12. The number of methoxy groups -OCH3 is 1. The Morgan fingerprint density at radius 1 is 1.43 bits per heavy atom. The quantitative estimate of drug-likeness (QED) is 0.889. The second-order valence-corrected chi connectivity index (χ2v) is 5.38. The molecule has 0 aliphatic rings. The topological polar surface area (TPSA) is 57.4 Å². The number of H-pyrrole nitrogens is 1. The lowest BCUT2D eigenvalue weighted by atomic mass is 10.1. The predicted octanol–water partition coefficient (Wildman–Crippen LogP) is 2.77. The first kappa shape index (κ1) is 15.2. The zero-order chi connectivity index (χ0) is 15.4. The van der Waals surface area contributed by atoms with Gasteiger partial charge in [0.15, 0.2) is 0 Å². The molecule has 0 atom stereocenters. The summed E-state index contributed by atoms with van der Waals surface area (Å²) < 4.78 is 5.41. The van der Waals surface area contributed by atoms with Crippen LogP contribution in [0.2, 0.25) is 0 Å². The van der Waals surface area contributed by atoms with Crippen molar-refractivity contribution in [3.05, 3.63) is 30.0 Å². The number of fused-ring (bicyclic) bond motifs is 1. The lowest BCUT2D eigenvalue weighted by Crippen LogP contribution is -2.41. The van der Waals surface area contributed by atoms with Crippen molar-refractivity contribution in [1.29, 1.82) is 0 Å². The van der Waals surface area contributed by atoms with Crippen LogP contribution in [-0.4, -0.2) is 42.7 Å². The summed E-state index contributed by atoms with van der Waals surface area (Å²) in [4.78, 5) is 16.8. The molecule has 0 saturated heterocycles. The summed E-state index contributed by atoms with van der Waals surface area (Å²) in [6.45, 7) is 4.58. The highest BCUT2D eigenvalue weighted by molar-refractivity contribution is 5.89. The predicted molar refractivity (Wildman–Crippen MR) is 84.9 cm³/mol. The highest BCUT2D eigenvalue weighted by atomic mass is 16.5. The van der Waals surface area contributed by atoms with Crippen molar-refractivity contribution in [3.8, 4) is 5.75 Å². The van der Waals surface area contributed by atoms with Crippen LogP contribution in [0.1, 0.15) is 19.4 Å². The fraction of sp³-hybridized carbons (Fsp3) is 0.438. The summed E-state index contributed by atoms with van der Waals surface area (Å²) in [6, 6.07) is 6.08. The lowest BCUT2D eigenvalue weighted by Gasteiger charge is -2.21. The summed E-state index contributed by atoms with van der Waals surface area (Å²) in [7, 11) is 3.47. The number of aromatic nitrogens is 1. The van der Waals surface area contributed by atoms with E-state index >= 15 is 0 Å². The summed E-state index contributed by atoms with van der Waals surface area (Å²) in [5.74, 6) is 0.856. The molecular formula is C16H23N3O2. The number of urea groups is 1. The highest BCUT2D eigenvalue weighted by Crippen LogP contribution is 2.28. The molecule has 1 heterocycles. The molecule has 114 valence electrons. The first-order valence-electron chi connectivity index (χ1n) is 7.18. The van der Waals surface area contributed by atoms with E-state index < -0.39 is 0 Å². The van der Waals surface area contributed by atoms with E-state index in [1.165, 1.54) is 0 Å². The van der Waals surface area contributed by atoms with Gasteiger partial charge in [-0.2, -0.15) is 0 Å². The number of ether oxygens (including phenoxy) is 1. The molecule has 0 fully saturated rings. The number of nitrogens with zero attached hydrogens (tertiary/aromatic N) is 1. The molecule has 0 radical (unpaired) electrons. The zero-order valence-corrected chi connectivity index (χ0v) is 13.1. The molecule has 2 amide bonds. The molecule has 0 spiro atoms. The van der Waals surface area contributed by atoms with E-state index in [1.807, 2.05) is 38.2 Å². The average Bonchev–Trinajstić information content (AvgIpc) is 2.89. The van der Waals surface area contributed by atoms with Crippen LogP contribution in [0, 0.1) is 0 Å². The van der Waals surface area contributed by atoms with Gasteiger partial charge >= 0.3 is 6.03 Å². The maximum absolute atomic E-state index is 11.9. The van der Waals surface area contributed by atoms with E-state index in [1.54, 1.807) is 19.1 Å². The summed E-state index contributed by atoms with van der Waals surface area (Å²) in [5, 5.41) is 4.03. The molecule has 2 N–H and O–H groups in total. The molecule has 0 unspecified atom stereocenters. The third-order valence-corrected chi connectivity index (χ3v) is 3.73. The van der Waals surface area contributed by atoms with Crippen LogP contribution < -0.4 is 10.1 Å². The van der Waals surface area contributed by atoms with E-state index in [4.69, 9.17) is 4.74 Å². The van der Waals surface area contributed by atoms with Gasteiger partial charge in [-0.05, 0) is 38.0 Å². The van der Waals surface area contributed by atoms with Crippen molar-refractivity contribution in [1.82, 2.24) is 15.2 Å². The standard InChI is InChI=1S/C16H23N3O2/c1-11(2)19(3)16(20)17-9-8-12-10-18-13-6-5-7-14(21-4)15(12)13/h5-7,10-11,18H,8-9H2,1-4H3,(H,17,20). The van der Waals surface area contributed by atoms with Gasteiger partial charge in [0, 0.05) is 36.7 Å². The smallest absolute Gasteiger partial charge is 0.317 e. The van der Waals surface area contributed by atoms with Gasteiger partial charge in [-0.25, -0.2) is 4.79 Å². The molecule has 5 nitrogen and oxygen atoms in total. The molecule has 21 heavy (non-hydrogen) atoms. The van der Waals surface area contributed by atoms with Gasteiger partial charge in [0.1, 0.15) is 5.75 Å². The van der Waals surface area contributed by atoms with E-state index in [0.717, 1.165) is 28.6 Å². The number of hydrogen-bond acceptors (Lipinski definition) is 2. The number of amides is 2. The van der Waals surface area contributed by atoms with Crippen LogP contribution in [0.3, 0.4) is 0 Å². The van der Waals surface area contributed by atoms with Gasteiger partial charge < -0.3 is 19.9 Å². The lowest BCUT2D eigenvalue weighted by molar-refractivity contribution is 0.198. The van der Waals surface area contributed by atoms with Gasteiger partial charge in [-0.15, -0.1) is 0 Å². The van der Waals surface area contributed by atoms with Gasteiger partial charge in [0.05, 0.1) is 7.11 Å². The SMILES string of the molecule is COc1cccc2[nH]cc(CCNC(=O)N(C)C(C)C)c12. The number of hydrogen-bond donors (Lipinski definition) is 2. The number of rotatable bonds is 5. The Kier molecular flexibility index (Phi) is 4.73. The Morgan fingerprint density at radius 3 is 2.86 bits per heavy atom. The number of carbonyl (C=O) groups is 1. The molecule has 5 heteroatoms. The fourth-order valence-electron chi connectivity index (χ4n) is 2.25. The van der Waals surface area contributed by atoms with Crippen LogP contribution in [-0.2, 0) is 6.42 Å². The number of aromatic amines is 1. The molecule has 1 aromatic heterocycles. The Bertz CT molecular complexity index is 619. The van der Waals surface area contributed by atoms with Crippen molar-refractivity contribution < 1.29 is 9.53 Å². The Morgan fingerprint density at radius 2 is 2.19 bits per heavy atom. The summed E-state index contributed by atoms with van der Waals surface area (Å²) in [5.41, 5.74) is 2.20. The van der Waals surface area contributed by atoms with E-state index in [0.29, 0.717) is 6.54 Å². The van der Waals surface area contributed by atoms with Gasteiger partial charge in [0.2, 0.25) is 0 Å². The maximum Gasteiger partial charge on any atom is 0.317 e. The molecule has 2 rings (SSSR count). The van der Waals surface area contributed by atoms with E-state index in [-0.39, 0.29) is 12.1 Å². The second-order valence-electron chi connectivity index (χ2n) is 5.38. The van der Waals surface area contributed by atoms with Gasteiger partial charge in [-0.3, -0.25) is 0 Å². The van der Waals surface area contributed by atoms with Crippen LogP contribution >= 0.6 is 0 Å². The third kappa shape index (κ3) is 3.29. The molecule has 0 aliphatic carbocycles. The van der Waals surface area contributed by atoms with E-state index in [9.17, 15) is 4.79 Å². The monoisotopic (exact) mass is 289 g/mol. The number of carbonyl (C=O) groups excluding carboxylic acids is 1. The Hall–Kier alpha value is -2.17. The summed E-state index contributed by atoms with van der Waals surface area (Å²) >= 11 is 0. The Labute approximate surface area is 125 Å². The van der Waals surface area contributed by atoms with Crippen molar-refractivity contribution in [3.63, 3.8) is 0 Å². The van der Waals surface area contributed by atoms with Gasteiger partial charge in [0.25, 0.3) is 0 Å². The zero-order valence-electron chi connectivity index (χ0n) is 13.1. The van der Waals surface area contributed by atoms with Crippen molar-refractivity contribution in [2.24, 2.45) is 0 Å². The molecule has 0 aliphatic heterocycles. The minimum atomic E-state index is -0.0446. The minimum Gasteiger partial charge on any atom is -0.496 e. The first-order chi connectivity index (χ1) is 10.0. The van der Waals surface area contributed by atoms with Crippen molar-refractivity contribution in [2.75, 3.05) is 20.7 Å². The second kappa shape index (κ2) is 6.52. The van der Waals surface area contributed by atoms with Gasteiger partial charge in [-0.1, -0.05) is 6.07 Å². The summed E-state index contributed by atoms with van der Waals surface area (Å²) in [6.07, 6.45) is 2.74. The number of nitrogens with one attached hydrogen (secondary N) is 2. The minimum absolute atomic E-state index is 0.0446. The maximum atomic E-state index is 11.9. The molecule has 0 bridgehead atoms. The molecule has 1 aromatic carbocycles. The normalized spacial score (nSPS) is 10.9. The molecule has 0 saturated carbocycles. The van der Waals surface area contributed by atoms with Crippen LogP contribution in [0.25, 0.3) is 10.9 Å². The molecule has 2 aromatic rings. The largest absolute Gasteiger partial charge is 0.496 e.